The Morgan fingerprint density at radius 3 is 2.44 bits per heavy atom. The zero-order valence-electron chi connectivity index (χ0n) is 19.8. The number of hydrogen-bond acceptors (Lipinski definition) is 5. The number of pyridine rings is 1. The molecule has 2 fully saturated rings. The van der Waals surface area contributed by atoms with Gasteiger partial charge in [0.1, 0.15) is 11.0 Å². The van der Waals surface area contributed by atoms with E-state index in [0.717, 1.165) is 43.1 Å². The Kier molecular flexibility index (Phi) is 8.34. The predicted octanol–water partition coefficient (Wildman–Crippen LogP) is 4.00. The molecule has 0 aromatic carbocycles. The quantitative estimate of drug-likeness (QED) is 0.525. The van der Waals surface area contributed by atoms with Gasteiger partial charge in [0.05, 0.1) is 5.56 Å². The van der Waals surface area contributed by atoms with E-state index in [0.29, 0.717) is 17.9 Å². The van der Waals surface area contributed by atoms with E-state index in [2.05, 4.69) is 9.88 Å². The minimum absolute atomic E-state index is 0.0492. The summed E-state index contributed by atoms with van der Waals surface area (Å²) in [5.41, 5.74) is -2.33. The Morgan fingerprint density at radius 2 is 1.91 bits per heavy atom. The van der Waals surface area contributed by atoms with E-state index in [1.54, 1.807) is 26.2 Å². The molecule has 3 rings (SSSR count). The lowest BCUT2D eigenvalue weighted by molar-refractivity contribution is -0.258. The van der Waals surface area contributed by atoms with E-state index >= 15 is 0 Å². The maximum atomic E-state index is 13.5. The summed E-state index contributed by atoms with van der Waals surface area (Å²) >= 11 is 6.23. The van der Waals surface area contributed by atoms with Crippen molar-refractivity contribution in [2.24, 2.45) is 5.92 Å². The zero-order valence-corrected chi connectivity index (χ0v) is 20.6. The lowest BCUT2D eigenvalue weighted by Gasteiger charge is -2.34. The van der Waals surface area contributed by atoms with Crippen LogP contribution in [0, 0.1) is 5.92 Å². The van der Waals surface area contributed by atoms with Gasteiger partial charge in [-0.05, 0) is 56.6 Å². The second-order valence-electron chi connectivity index (χ2n) is 9.28. The first-order valence-electron chi connectivity index (χ1n) is 11.6. The largest absolute Gasteiger partial charge is 0.426 e. The molecule has 2 aliphatic rings. The third-order valence-electron chi connectivity index (χ3n) is 6.69. The number of nitrogens with zero attached hydrogens (tertiary/aromatic N) is 4. The van der Waals surface area contributed by atoms with Crippen LogP contribution in [-0.2, 0) is 9.53 Å². The van der Waals surface area contributed by atoms with Crippen LogP contribution < -0.4 is 4.90 Å². The van der Waals surface area contributed by atoms with Crippen molar-refractivity contribution >= 4 is 29.2 Å². The Hall–Kier alpha value is -2.07. The molecule has 2 saturated heterocycles. The fraction of sp³-hybridized carbons (Fsp3) is 0.696. The molecule has 11 heteroatoms. The SMILES string of the molecule is CN(C)C(=O)c1ccc(N2CCC(CCCN(C)C(=O)[C@]3(C(F)(F)F)CCCO3)CC2)nc1Cl. The molecule has 0 radical (unpaired) electrons. The fourth-order valence-corrected chi connectivity index (χ4v) is 4.86. The van der Waals surface area contributed by atoms with Gasteiger partial charge in [-0.3, -0.25) is 9.59 Å². The first-order valence-corrected chi connectivity index (χ1v) is 11.9. The molecule has 0 unspecified atom stereocenters. The van der Waals surface area contributed by atoms with E-state index in [1.165, 1.54) is 11.9 Å². The van der Waals surface area contributed by atoms with Crippen molar-refractivity contribution in [2.75, 3.05) is 52.3 Å². The minimum Gasteiger partial charge on any atom is -0.357 e. The molecule has 34 heavy (non-hydrogen) atoms. The lowest BCUT2D eigenvalue weighted by Crippen LogP contribution is -2.57. The highest BCUT2D eigenvalue weighted by Gasteiger charge is 2.64. The van der Waals surface area contributed by atoms with Crippen LogP contribution >= 0.6 is 11.6 Å². The van der Waals surface area contributed by atoms with Crippen molar-refractivity contribution in [3.05, 3.63) is 22.8 Å². The standard InChI is InChI=1S/C23H32ClF3N4O3/c1-29(2)20(32)17-7-8-18(28-19(17)24)31-13-9-16(10-14-31)6-4-12-30(3)21(33)22(23(25,26)27)11-5-15-34-22/h7-8,16H,4-6,9-15H2,1-3H3/t22-/m0/s1. The Balaban J connectivity index is 1.46. The van der Waals surface area contributed by atoms with Crippen molar-refractivity contribution in [3.63, 3.8) is 0 Å². The Bertz CT molecular complexity index is 883. The molecule has 2 amide bonds. The van der Waals surface area contributed by atoms with Gasteiger partial charge in [0.25, 0.3) is 11.8 Å². The van der Waals surface area contributed by atoms with Gasteiger partial charge in [-0.25, -0.2) is 4.98 Å². The number of ether oxygens (including phenoxy) is 1. The summed E-state index contributed by atoms with van der Waals surface area (Å²) in [7, 11) is 4.73. The van der Waals surface area contributed by atoms with E-state index in [1.807, 2.05) is 0 Å². The molecule has 190 valence electrons. The van der Waals surface area contributed by atoms with E-state index in [-0.39, 0.29) is 37.1 Å². The van der Waals surface area contributed by atoms with Crippen LogP contribution in [0.15, 0.2) is 12.1 Å². The smallest absolute Gasteiger partial charge is 0.357 e. The van der Waals surface area contributed by atoms with E-state index < -0.39 is 17.7 Å². The Morgan fingerprint density at radius 1 is 1.24 bits per heavy atom. The monoisotopic (exact) mass is 504 g/mol. The van der Waals surface area contributed by atoms with Gasteiger partial charge in [0.2, 0.25) is 5.60 Å². The molecule has 1 aromatic rings. The van der Waals surface area contributed by atoms with Crippen molar-refractivity contribution in [3.8, 4) is 0 Å². The van der Waals surface area contributed by atoms with Crippen LogP contribution in [0.3, 0.4) is 0 Å². The van der Waals surface area contributed by atoms with Gasteiger partial charge in [0, 0.05) is 47.4 Å². The number of aromatic nitrogens is 1. The van der Waals surface area contributed by atoms with Gasteiger partial charge in [-0.2, -0.15) is 13.2 Å². The summed E-state index contributed by atoms with van der Waals surface area (Å²) in [5, 5.41) is 0.175. The van der Waals surface area contributed by atoms with Gasteiger partial charge in [0.15, 0.2) is 0 Å². The maximum Gasteiger partial charge on any atom is 0.426 e. The molecule has 0 bridgehead atoms. The number of carbonyl (C=O) groups excluding carboxylic acids is 2. The highest BCUT2D eigenvalue weighted by molar-refractivity contribution is 6.32. The van der Waals surface area contributed by atoms with Crippen LogP contribution in [0.4, 0.5) is 19.0 Å². The number of amides is 2. The predicted molar refractivity (Wildman–Crippen MR) is 123 cm³/mol. The number of hydrogen-bond donors (Lipinski definition) is 0. The first-order chi connectivity index (χ1) is 16.0. The molecular formula is C23H32ClF3N4O3. The summed E-state index contributed by atoms with van der Waals surface area (Å²) in [4.78, 5) is 33.8. The molecule has 2 aliphatic heterocycles. The topological polar surface area (TPSA) is 66.0 Å². The molecule has 0 spiro atoms. The fourth-order valence-electron chi connectivity index (χ4n) is 4.63. The number of likely N-dealkylation sites (N-methyl/N-ethyl adjacent to an activating group) is 1. The lowest BCUT2D eigenvalue weighted by atomic mass is 9.92. The van der Waals surface area contributed by atoms with Crippen molar-refractivity contribution in [2.45, 2.75) is 50.3 Å². The normalized spacial score (nSPS) is 21.6. The maximum absolute atomic E-state index is 13.5. The van der Waals surface area contributed by atoms with E-state index in [4.69, 9.17) is 16.3 Å². The highest BCUT2D eigenvalue weighted by atomic mass is 35.5. The number of rotatable bonds is 7. The van der Waals surface area contributed by atoms with Crippen LogP contribution in [-0.4, -0.2) is 85.8 Å². The van der Waals surface area contributed by atoms with Crippen molar-refractivity contribution in [1.82, 2.24) is 14.8 Å². The summed E-state index contributed by atoms with van der Waals surface area (Å²) in [5.74, 6) is -0.0551. The van der Waals surface area contributed by atoms with Crippen molar-refractivity contribution < 1.29 is 27.5 Å². The summed E-state index contributed by atoms with van der Waals surface area (Å²) in [6, 6.07) is 3.48. The molecule has 0 N–H and O–H groups in total. The number of halogens is 4. The van der Waals surface area contributed by atoms with Gasteiger partial charge in [-0.1, -0.05) is 11.6 Å². The second kappa shape index (κ2) is 10.7. The number of piperidine rings is 1. The molecule has 0 aliphatic carbocycles. The van der Waals surface area contributed by atoms with E-state index in [9.17, 15) is 22.8 Å². The summed E-state index contributed by atoms with van der Waals surface area (Å²) < 4.78 is 45.5. The highest BCUT2D eigenvalue weighted by Crippen LogP contribution is 2.42. The number of carbonyl (C=O) groups is 2. The molecule has 3 heterocycles. The summed E-state index contributed by atoms with van der Waals surface area (Å²) in [6.45, 7) is 1.76. The number of alkyl halides is 3. The van der Waals surface area contributed by atoms with Crippen LogP contribution in [0.25, 0.3) is 0 Å². The van der Waals surface area contributed by atoms with Crippen LogP contribution in [0.1, 0.15) is 48.9 Å². The van der Waals surface area contributed by atoms with Crippen LogP contribution in [0.2, 0.25) is 5.15 Å². The van der Waals surface area contributed by atoms with Gasteiger partial charge >= 0.3 is 6.18 Å². The average Bonchev–Trinajstić information content (AvgIpc) is 3.30. The van der Waals surface area contributed by atoms with Gasteiger partial charge < -0.3 is 19.4 Å². The second-order valence-corrected chi connectivity index (χ2v) is 9.64. The molecule has 7 nitrogen and oxygen atoms in total. The van der Waals surface area contributed by atoms with Gasteiger partial charge in [-0.15, -0.1) is 0 Å². The number of anilines is 1. The third-order valence-corrected chi connectivity index (χ3v) is 6.97. The third kappa shape index (κ3) is 5.59. The average molecular weight is 505 g/mol. The Labute approximate surface area is 203 Å². The molecule has 1 atom stereocenters. The van der Waals surface area contributed by atoms with Crippen molar-refractivity contribution in [1.29, 1.82) is 0 Å². The van der Waals surface area contributed by atoms with Crippen LogP contribution in [0.5, 0.6) is 0 Å². The summed E-state index contributed by atoms with van der Waals surface area (Å²) in [6.07, 6.45) is -1.53. The zero-order chi connectivity index (χ0) is 25.1. The molecular weight excluding hydrogens is 473 g/mol. The molecule has 1 aromatic heterocycles. The first kappa shape index (κ1) is 26.5. The molecule has 0 saturated carbocycles. The minimum atomic E-state index is -4.71.